The van der Waals surface area contributed by atoms with Gasteiger partial charge in [0, 0.05) is 17.6 Å². The molecule has 3 aromatic rings. The normalized spacial score (nSPS) is 11.1. The van der Waals surface area contributed by atoms with Crippen molar-refractivity contribution >= 4 is 29.1 Å². The van der Waals surface area contributed by atoms with Gasteiger partial charge in [0.25, 0.3) is 0 Å². The van der Waals surface area contributed by atoms with Gasteiger partial charge in [-0.05, 0) is 41.3 Å². The highest BCUT2D eigenvalue weighted by Crippen LogP contribution is 2.30. The first kappa shape index (κ1) is 18.4. The van der Waals surface area contributed by atoms with Gasteiger partial charge in [0.1, 0.15) is 5.82 Å². The van der Waals surface area contributed by atoms with Crippen LogP contribution in [0.15, 0.2) is 60.8 Å². The van der Waals surface area contributed by atoms with Crippen molar-refractivity contribution in [3.8, 4) is 0 Å². The molecule has 0 unspecified atom stereocenters. The fourth-order valence-electron chi connectivity index (χ4n) is 2.73. The first-order valence-electron chi connectivity index (χ1n) is 8.63. The van der Waals surface area contributed by atoms with Gasteiger partial charge in [0.05, 0.1) is 5.56 Å². The van der Waals surface area contributed by atoms with Crippen LogP contribution in [0.3, 0.4) is 0 Å². The monoisotopic (exact) mass is 362 g/mol. The van der Waals surface area contributed by atoms with Gasteiger partial charge in [-0.25, -0.2) is 9.78 Å². The van der Waals surface area contributed by atoms with Crippen LogP contribution in [-0.4, -0.2) is 21.0 Å². The molecule has 0 radical (unpaired) electrons. The van der Waals surface area contributed by atoms with Crippen LogP contribution in [0.5, 0.6) is 0 Å². The summed E-state index contributed by atoms with van der Waals surface area (Å²) in [5.41, 5.74) is 2.97. The van der Waals surface area contributed by atoms with E-state index in [1.54, 1.807) is 36.5 Å². The Morgan fingerprint density at radius 1 is 1.00 bits per heavy atom. The lowest BCUT2D eigenvalue weighted by Crippen LogP contribution is -2.14. The maximum atomic E-state index is 11.1. The van der Waals surface area contributed by atoms with Crippen molar-refractivity contribution in [3.63, 3.8) is 0 Å². The first-order chi connectivity index (χ1) is 12.8. The van der Waals surface area contributed by atoms with E-state index in [0.29, 0.717) is 17.5 Å². The number of nitrogens with zero attached hydrogens (tertiary/aromatic N) is 2. The summed E-state index contributed by atoms with van der Waals surface area (Å²) >= 11 is 0. The van der Waals surface area contributed by atoms with Gasteiger partial charge < -0.3 is 15.7 Å². The second kappa shape index (κ2) is 7.45. The quantitative estimate of drug-likeness (QED) is 0.595. The Bertz CT molecular complexity index is 964. The van der Waals surface area contributed by atoms with E-state index in [0.717, 1.165) is 5.69 Å². The number of aromatic carboxylic acids is 1. The second-order valence-electron chi connectivity index (χ2n) is 7.20. The number of aromatic nitrogens is 2. The molecule has 3 N–H and O–H groups in total. The zero-order valence-electron chi connectivity index (χ0n) is 15.5. The highest BCUT2D eigenvalue weighted by Gasteiger charge is 2.18. The number of carboxylic acids is 1. The lowest BCUT2D eigenvalue weighted by Gasteiger charge is -2.23. The van der Waals surface area contributed by atoms with E-state index < -0.39 is 5.97 Å². The van der Waals surface area contributed by atoms with Crippen molar-refractivity contribution < 1.29 is 9.90 Å². The molecule has 6 heteroatoms. The number of carboxylic acid groups (broad SMARTS) is 1. The van der Waals surface area contributed by atoms with Crippen molar-refractivity contribution in [1.82, 2.24) is 9.97 Å². The molecule has 1 aromatic heterocycles. The topological polar surface area (TPSA) is 87.1 Å². The predicted octanol–water partition coefficient (Wildman–Crippen LogP) is 4.96. The zero-order chi connectivity index (χ0) is 19.4. The molecule has 138 valence electrons. The number of para-hydroxylation sites is 1. The van der Waals surface area contributed by atoms with E-state index in [9.17, 15) is 4.79 Å². The summed E-state index contributed by atoms with van der Waals surface area (Å²) in [6.45, 7) is 6.46. The highest BCUT2D eigenvalue weighted by atomic mass is 16.4. The molecule has 3 rings (SSSR count). The SMILES string of the molecule is CC(C)(C)c1ccccc1Nc1nccc(Nc2cccc(C(=O)O)c2)n1. The van der Waals surface area contributed by atoms with Crippen LogP contribution in [-0.2, 0) is 5.41 Å². The number of hydrogen-bond donors (Lipinski definition) is 3. The van der Waals surface area contributed by atoms with Gasteiger partial charge >= 0.3 is 5.97 Å². The Balaban J connectivity index is 1.83. The average molecular weight is 362 g/mol. The van der Waals surface area contributed by atoms with Crippen LogP contribution in [0.25, 0.3) is 0 Å². The van der Waals surface area contributed by atoms with Crippen LogP contribution in [0.1, 0.15) is 36.7 Å². The Kier molecular flexibility index (Phi) is 5.07. The van der Waals surface area contributed by atoms with E-state index in [4.69, 9.17) is 5.11 Å². The van der Waals surface area contributed by atoms with Gasteiger partial charge in [0.15, 0.2) is 0 Å². The molecule has 0 bridgehead atoms. The third kappa shape index (κ3) is 4.61. The van der Waals surface area contributed by atoms with E-state index in [2.05, 4.69) is 47.4 Å². The maximum absolute atomic E-state index is 11.1. The van der Waals surface area contributed by atoms with E-state index in [1.165, 1.54) is 5.56 Å². The van der Waals surface area contributed by atoms with Gasteiger partial charge in [-0.2, -0.15) is 4.98 Å². The smallest absolute Gasteiger partial charge is 0.335 e. The predicted molar refractivity (Wildman–Crippen MR) is 107 cm³/mol. The molecule has 0 aliphatic carbocycles. The standard InChI is InChI=1S/C21H22N4O2/c1-21(2,3)16-9-4-5-10-17(16)24-20-22-12-11-18(25-20)23-15-8-6-7-14(13-15)19(26)27/h4-13H,1-3H3,(H,26,27)(H2,22,23,24,25). The van der Waals surface area contributed by atoms with Crippen LogP contribution < -0.4 is 10.6 Å². The summed E-state index contributed by atoms with van der Waals surface area (Å²) in [5.74, 6) is 0.0665. The van der Waals surface area contributed by atoms with Crippen molar-refractivity contribution in [2.75, 3.05) is 10.6 Å². The number of nitrogens with one attached hydrogen (secondary N) is 2. The second-order valence-corrected chi connectivity index (χ2v) is 7.20. The fourth-order valence-corrected chi connectivity index (χ4v) is 2.73. The Labute approximate surface area is 158 Å². The summed E-state index contributed by atoms with van der Waals surface area (Å²) in [5, 5.41) is 15.5. The third-order valence-electron chi connectivity index (χ3n) is 4.02. The molecule has 0 fully saturated rings. The summed E-state index contributed by atoms with van der Waals surface area (Å²) in [4.78, 5) is 19.9. The Morgan fingerprint density at radius 2 is 1.78 bits per heavy atom. The minimum atomic E-state index is -0.970. The average Bonchev–Trinajstić information content (AvgIpc) is 2.62. The number of rotatable bonds is 5. The largest absolute Gasteiger partial charge is 0.478 e. The van der Waals surface area contributed by atoms with E-state index in [1.807, 2.05) is 18.2 Å². The highest BCUT2D eigenvalue weighted by molar-refractivity contribution is 5.89. The molecule has 0 amide bonds. The molecule has 0 atom stereocenters. The van der Waals surface area contributed by atoms with Crippen molar-refractivity contribution in [1.29, 1.82) is 0 Å². The van der Waals surface area contributed by atoms with Crippen LogP contribution >= 0.6 is 0 Å². The van der Waals surface area contributed by atoms with Gasteiger partial charge in [-0.15, -0.1) is 0 Å². The van der Waals surface area contributed by atoms with Gasteiger partial charge in [-0.3, -0.25) is 0 Å². The molecule has 27 heavy (non-hydrogen) atoms. The first-order valence-corrected chi connectivity index (χ1v) is 8.63. The lowest BCUT2D eigenvalue weighted by atomic mass is 9.86. The molecule has 0 aliphatic heterocycles. The molecule has 2 aromatic carbocycles. The molecule has 0 spiro atoms. The van der Waals surface area contributed by atoms with Crippen LogP contribution in [0, 0.1) is 0 Å². The number of anilines is 4. The van der Waals surface area contributed by atoms with Crippen molar-refractivity contribution in [2.24, 2.45) is 0 Å². The molecule has 0 saturated carbocycles. The molecular weight excluding hydrogens is 340 g/mol. The van der Waals surface area contributed by atoms with Gasteiger partial charge in [-0.1, -0.05) is 45.0 Å². The summed E-state index contributed by atoms with van der Waals surface area (Å²) in [7, 11) is 0. The minimum Gasteiger partial charge on any atom is -0.478 e. The third-order valence-corrected chi connectivity index (χ3v) is 4.02. The number of carbonyl (C=O) groups is 1. The molecule has 6 nitrogen and oxygen atoms in total. The van der Waals surface area contributed by atoms with Crippen LogP contribution in [0.2, 0.25) is 0 Å². The minimum absolute atomic E-state index is 0.0171. The summed E-state index contributed by atoms with van der Waals surface area (Å²) < 4.78 is 0. The van der Waals surface area contributed by atoms with Crippen LogP contribution in [0.4, 0.5) is 23.1 Å². The van der Waals surface area contributed by atoms with Crippen molar-refractivity contribution in [2.45, 2.75) is 26.2 Å². The summed E-state index contributed by atoms with van der Waals surface area (Å²) in [6.07, 6.45) is 1.65. The lowest BCUT2D eigenvalue weighted by molar-refractivity contribution is 0.0697. The van der Waals surface area contributed by atoms with Crippen molar-refractivity contribution in [3.05, 3.63) is 71.9 Å². The van der Waals surface area contributed by atoms with E-state index >= 15 is 0 Å². The maximum Gasteiger partial charge on any atom is 0.335 e. The Morgan fingerprint density at radius 3 is 2.52 bits per heavy atom. The molecular formula is C21H22N4O2. The Hall–Kier alpha value is -3.41. The van der Waals surface area contributed by atoms with Gasteiger partial charge in [0.2, 0.25) is 5.95 Å². The number of hydrogen-bond acceptors (Lipinski definition) is 5. The van der Waals surface area contributed by atoms with E-state index in [-0.39, 0.29) is 11.0 Å². The number of benzene rings is 2. The molecule has 0 aliphatic rings. The summed E-state index contributed by atoms with van der Waals surface area (Å²) in [6, 6.07) is 16.4. The molecule has 0 saturated heterocycles. The fraction of sp³-hybridized carbons (Fsp3) is 0.190. The zero-order valence-corrected chi connectivity index (χ0v) is 15.5. The molecule has 1 heterocycles.